The standard InChI is InChI=1S/C7H12NO2.Sn.H/c1-8-5-3-2-4-6(8)7(9)10;;/h6H,1-5H2,(H,9,10);;/t6-;;/m1../s1. The number of carboxylic acids is 1. The first-order valence-electron chi connectivity index (χ1n) is 3.92. The molecule has 1 saturated heterocycles. The summed E-state index contributed by atoms with van der Waals surface area (Å²) < 4.78 is 0.988. The Morgan fingerprint density at radius 3 is 2.82 bits per heavy atom. The quantitative estimate of drug-likeness (QED) is 0.699. The Kier molecular flexibility index (Phi) is 3.64. The van der Waals surface area contributed by atoms with Gasteiger partial charge in [-0.1, -0.05) is 0 Å². The number of carbonyl (C=O) groups is 1. The summed E-state index contributed by atoms with van der Waals surface area (Å²) in [6.45, 7) is 0.984. The minimum absolute atomic E-state index is 0.182. The summed E-state index contributed by atoms with van der Waals surface area (Å²) in [5, 5.41) is 8.81. The van der Waals surface area contributed by atoms with E-state index < -0.39 is 5.97 Å². The molecule has 1 aliphatic heterocycles. The van der Waals surface area contributed by atoms with E-state index in [4.69, 9.17) is 5.11 Å². The van der Waals surface area contributed by atoms with Crippen LogP contribution in [0.3, 0.4) is 0 Å². The normalized spacial score (nSPS) is 26.8. The maximum absolute atomic E-state index is 10.7. The van der Waals surface area contributed by atoms with Crippen molar-refractivity contribution in [2.24, 2.45) is 0 Å². The molecule has 1 rings (SSSR count). The van der Waals surface area contributed by atoms with Crippen LogP contribution in [0.5, 0.6) is 0 Å². The Bertz CT molecular complexity index is 151. The number of hydrogen-bond acceptors (Lipinski definition) is 2. The van der Waals surface area contributed by atoms with Crippen molar-refractivity contribution in [3.8, 4) is 0 Å². The first-order valence-corrected chi connectivity index (χ1v) is 6.25. The van der Waals surface area contributed by atoms with Gasteiger partial charge >= 0.3 is 79.7 Å². The molecule has 0 saturated carbocycles. The van der Waals surface area contributed by atoms with E-state index in [0.29, 0.717) is 0 Å². The van der Waals surface area contributed by atoms with Crippen molar-refractivity contribution in [3.63, 3.8) is 0 Å². The van der Waals surface area contributed by atoms with Gasteiger partial charge in [-0.15, -0.1) is 0 Å². The molecule has 1 atom stereocenters. The van der Waals surface area contributed by atoms with Crippen molar-refractivity contribution >= 4 is 28.5 Å². The van der Waals surface area contributed by atoms with Gasteiger partial charge in [0.2, 0.25) is 0 Å². The molecule has 0 spiro atoms. The second-order valence-electron chi connectivity index (χ2n) is 2.84. The Morgan fingerprint density at radius 1 is 1.64 bits per heavy atom. The number of rotatable bonds is 2. The van der Waals surface area contributed by atoms with E-state index in [2.05, 4.69) is 4.90 Å². The summed E-state index contributed by atoms with van der Waals surface area (Å²) in [6.07, 6.45) is 3.09. The molecule has 0 aromatic heterocycles. The third kappa shape index (κ3) is 2.33. The second-order valence-corrected chi connectivity index (χ2v) is 3.89. The van der Waals surface area contributed by atoms with Crippen molar-refractivity contribution in [1.29, 1.82) is 0 Å². The molecule has 1 N–H and O–H groups in total. The molecule has 1 fully saturated rings. The third-order valence-electron chi connectivity index (χ3n) is 2.13. The maximum atomic E-state index is 10.7. The van der Waals surface area contributed by atoms with Gasteiger partial charge in [0.05, 0.1) is 0 Å². The van der Waals surface area contributed by atoms with Crippen LogP contribution < -0.4 is 0 Å². The Morgan fingerprint density at radius 2 is 2.36 bits per heavy atom. The van der Waals surface area contributed by atoms with Gasteiger partial charge in [0.25, 0.3) is 0 Å². The fraction of sp³-hybridized carbons (Fsp3) is 0.857. The fourth-order valence-electron chi connectivity index (χ4n) is 1.49. The van der Waals surface area contributed by atoms with E-state index in [1.54, 1.807) is 0 Å². The van der Waals surface area contributed by atoms with Crippen LogP contribution in [0.2, 0.25) is 0 Å². The monoisotopic (exact) mass is 263 g/mol. The van der Waals surface area contributed by atoms with Crippen LogP contribution in [0.1, 0.15) is 19.3 Å². The summed E-state index contributed by atoms with van der Waals surface area (Å²) in [5.41, 5.74) is 0. The van der Waals surface area contributed by atoms with Crippen LogP contribution in [-0.4, -0.2) is 55.6 Å². The summed E-state index contributed by atoms with van der Waals surface area (Å²) >= 11 is 1.14. The third-order valence-corrected chi connectivity index (χ3v) is 3.47. The van der Waals surface area contributed by atoms with Crippen LogP contribution >= 0.6 is 0 Å². The zero-order chi connectivity index (χ0) is 8.27. The van der Waals surface area contributed by atoms with E-state index in [0.717, 1.165) is 46.5 Å². The molecule has 1 heterocycles. The van der Waals surface area contributed by atoms with Gasteiger partial charge in [0, 0.05) is 0 Å². The molecule has 1 aliphatic rings. The van der Waals surface area contributed by atoms with Crippen LogP contribution in [0, 0.1) is 0 Å². The fourth-order valence-corrected chi connectivity index (χ4v) is 2.74. The molecule has 0 bridgehead atoms. The molecule has 62 valence electrons. The zero-order valence-corrected chi connectivity index (χ0v) is 9.79. The number of aliphatic carboxylic acids is 1. The van der Waals surface area contributed by atoms with Gasteiger partial charge < -0.3 is 0 Å². The predicted molar refractivity (Wildman–Crippen MR) is 44.0 cm³/mol. The van der Waals surface area contributed by atoms with Gasteiger partial charge in [-0.2, -0.15) is 0 Å². The van der Waals surface area contributed by atoms with Gasteiger partial charge in [0.15, 0.2) is 0 Å². The average Bonchev–Trinajstić information content (AvgIpc) is 2.04. The molecule has 11 heavy (non-hydrogen) atoms. The number of piperidine rings is 1. The van der Waals surface area contributed by atoms with E-state index >= 15 is 0 Å². The van der Waals surface area contributed by atoms with Crippen molar-refractivity contribution in [3.05, 3.63) is 0 Å². The van der Waals surface area contributed by atoms with E-state index in [9.17, 15) is 4.79 Å². The van der Waals surface area contributed by atoms with E-state index in [1.165, 1.54) is 6.42 Å². The van der Waals surface area contributed by atoms with Gasteiger partial charge in [-0.25, -0.2) is 0 Å². The number of hydrogen-bond donors (Lipinski definition) is 1. The number of nitrogens with zero attached hydrogens (tertiary/aromatic N) is 1. The topological polar surface area (TPSA) is 40.5 Å². The Balaban J connectivity index is 2.51. The second kappa shape index (κ2) is 4.30. The first kappa shape index (κ1) is 9.32. The zero-order valence-electron chi connectivity index (χ0n) is 6.49. The molecule has 0 unspecified atom stereocenters. The average molecular weight is 262 g/mol. The number of likely N-dealkylation sites (tertiary alicyclic amines) is 1. The number of carboxylic acid groups (broad SMARTS) is 1. The molecule has 4 heteroatoms. The van der Waals surface area contributed by atoms with E-state index in [1.807, 2.05) is 0 Å². The van der Waals surface area contributed by atoms with Gasteiger partial charge in [-0.05, 0) is 0 Å². The predicted octanol–water partition coefficient (Wildman–Crippen LogP) is -0.216. The Labute approximate surface area is 79.8 Å². The van der Waals surface area contributed by atoms with Crippen LogP contribution in [0.25, 0.3) is 0 Å². The van der Waals surface area contributed by atoms with Crippen LogP contribution in [0.4, 0.5) is 0 Å². The van der Waals surface area contributed by atoms with Gasteiger partial charge in [-0.3, -0.25) is 0 Å². The van der Waals surface area contributed by atoms with Crippen molar-refractivity contribution in [2.45, 2.75) is 25.3 Å². The molecule has 0 aromatic rings. The molecule has 3 nitrogen and oxygen atoms in total. The molecule has 0 aromatic carbocycles. The van der Waals surface area contributed by atoms with Crippen LogP contribution in [0.15, 0.2) is 0 Å². The molecular weight excluding hydrogens is 249 g/mol. The molecule has 0 aliphatic carbocycles. The Hall–Kier alpha value is 0.229. The molecular formula is C7H13NO2Sn. The van der Waals surface area contributed by atoms with Gasteiger partial charge in [0.1, 0.15) is 0 Å². The summed E-state index contributed by atoms with van der Waals surface area (Å²) in [4.78, 5) is 12.8. The summed E-state index contributed by atoms with van der Waals surface area (Å²) in [5.74, 6) is -0.640. The van der Waals surface area contributed by atoms with E-state index in [-0.39, 0.29) is 6.04 Å². The molecule has 2 radical (unpaired) electrons. The van der Waals surface area contributed by atoms with Crippen molar-refractivity contribution < 1.29 is 9.90 Å². The van der Waals surface area contributed by atoms with Crippen molar-refractivity contribution in [2.75, 3.05) is 11.1 Å². The summed E-state index contributed by atoms with van der Waals surface area (Å²) in [6, 6.07) is -0.182. The SMILES string of the molecule is O=C(O)[C@H]1CCCCN1[CH2][SnH]. The van der Waals surface area contributed by atoms with Crippen LogP contribution in [-0.2, 0) is 4.79 Å². The minimum atomic E-state index is -0.640. The summed E-state index contributed by atoms with van der Waals surface area (Å²) in [7, 11) is 0. The molecule has 0 amide bonds. The van der Waals surface area contributed by atoms with Crippen molar-refractivity contribution in [1.82, 2.24) is 4.90 Å². The first-order chi connectivity index (χ1) is 5.25.